The molecule has 2 aromatic carbocycles. The molecule has 0 aliphatic carbocycles. The van der Waals surface area contributed by atoms with E-state index in [-0.39, 0.29) is 23.1 Å². The van der Waals surface area contributed by atoms with E-state index in [0.29, 0.717) is 6.54 Å². The van der Waals surface area contributed by atoms with E-state index in [2.05, 4.69) is 25.2 Å². The molecule has 2 aromatic rings. The number of amides is 1. The first-order valence-corrected chi connectivity index (χ1v) is 9.82. The number of primary amides is 1. The molecule has 1 amide bonds. The molecule has 2 atom stereocenters. The summed E-state index contributed by atoms with van der Waals surface area (Å²) in [4.78, 5) is 11.8. The number of benzene rings is 2. The van der Waals surface area contributed by atoms with Crippen LogP contribution in [-0.2, 0) is 11.2 Å². The molecule has 5 N–H and O–H groups in total. The van der Waals surface area contributed by atoms with E-state index >= 15 is 0 Å². The van der Waals surface area contributed by atoms with Crippen molar-refractivity contribution in [1.82, 2.24) is 5.32 Å². The van der Waals surface area contributed by atoms with Crippen LogP contribution < -0.4 is 11.1 Å². The van der Waals surface area contributed by atoms with Crippen LogP contribution in [0, 0.1) is 0 Å². The molecule has 0 bridgehead atoms. The van der Waals surface area contributed by atoms with E-state index in [0.717, 1.165) is 36.0 Å². The summed E-state index contributed by atoms with van der Waals surface area (Å²) < 4.78 is 0. The van der Waals surface area contributed by atoms with Crippen molar-refractivity contribution in [3.63, 3.8) is 0 Å². The Hall–Kier alpha value is -2.37. The van der Waals surface area contributed by atoms with Gasteiger partial charge in [-0.2, -0.15) is 0 Å². The Balaban J connectivity index is 2.02. The van der Waals surface area contributed by atoms with Gasteiger partial charge >= 0.3 is 0 Å². The molecule has 0 aliphatic rings. The van der Waals surface area contributed by atoms with Gasteiger partial charge in [0.2, 0.25) is 5.91 Å². The number of aliphatic hydroxyl groups is 1. The van der Waals surface area contributed by atoms with Crippen molar-refractivity contribution in [3.05, 3.63) is 65.2 Å². The Kier molecular flexibility index (Phi) is 7.61. The number of carbonyl (C=O) groups is 1. The lowest BCUT2D eigenvalue weighted by molar-refractivity contribution is -0.119. The number of nitrogens with one attached hydrogen (secondary N) is 1. The molecule has 0 saturated heterocycles. The number of β-amino-alcohol motifs (C(OH)–C–C–N with tert-alkyl or cyclic N) is 1. The predicted molar refractivity (Wildman–Crippen MR) is 112 cm³/mol. The van der Waals surface area contributed by atoms with Gasteiger partial charge in [-0.25, -0.2) is 0 Å². The maximum absolute atomic E-state index is 11.8. The minimum absolute atomic E-state index is 0.182. The van der Waals surface area contributed by atoms with Gasteiger partial charge in [-0.05, 0) is 55.5 Å². The Bertz CT molecular complexity index is 772. The first kappa shape index (κ1) is 21.9. The molecule has 0 fully saturated rings. The fraction of sp³-hybridized carbons (Fsp3) is 0.435. The van der Waals surface area contributed by atoms with Crippen LogP contribution in [0.4, 0.5) is 0 Å². The average molecular weight is 385 g/mol. The standard InChI is InChI=1S/C23H32N2O3/c1-4-6-20(22(24)28)18-8-5-7-16(13-18)14-23(2,3)25-15-21(27)17-9-11-19(26)12-10-17/h5,7-13,20-21,25-27H,4,6,14-15H2,1-3H3,(H2,24,28). The largest absolute Gasteiger partial charge is 0.508 e. The monoisotopic (exact) mass is 384 g/mol. The van der Waals surface area contributed by atoms with Crippen molar-refractivity contribution in [2.24, 2.45) is 5.73 Å². The van der Waals surface area contributed by atoms with Crippen LogP contribution in [0.5, 0.6) is 5.75 Å². The van der Waals surface area contributed by atoms with Crippen molar-refractivity contribution in [1.29, 1.82) is 0 Å². The molecule has 2 unspecified atom stereocenters. The van der Waals surface area contributed by atoms with E-state index < -0.39 is 6.10 Å². The highest BCUT2D eigenvalue weighted by Gasteiger charge is 2.22. The highest BCUT2D eigenvalue weighted by molar-refractivity contribution is 5.81. The molecule has 0 aromatic heterocycles. The van der Waals surface area contributed by atoms with Crippen LogP contribution in [0.1, 0.15) is 62.3 Å². The summed E-state index contributed by atoms with van der Waals surface area (Å²) in [5.74, 6) is -0.354. The van der Waals surface area contributed by atoms with Crippen molar-refractivity contribution in [2.45, 2.75) is 57.6 Å². The van der Waals surface area contributed by atoms with Gasteiger partial charge in [0, 0.05) is 12.1 Å². The maximum atomic E-state index is 11.8. The highest BCUT2D eigenvalue weighted by Crippen LogP contribution is 2.24. The third-order valence-corrected chi connectivity index (χ3v) is 4.97. The van der Waals surface area contributed by atoms with E-state index in [1.165, 1.54) is 0 Å². The zero-order valence-corrected chi connectivity index (χ0v) is 17.0. The molecule has 0 aliphatic heterocycles. The van der Waals surface area contributed by atoms with Gasteiger partial charge in [0.25, 0.3) is 0 Å². The second kappa shape index (κ2) is 9.71. The van der Waals surface area contributed by atoms with Crippen molar-refractivity contribution >= 4 is 5.91 Å². The number of carbonyl (C=O) groups excluding carboxylic acids is 1. The lowest BCUT2D eigenvalue weighted by atomic mass is 9.89. The Morgan fingerprint density at radius 2 is 1.82 bits per heavy atom. The van der Waals surface area contributed by atoms with E-state index in [1.54, 1.807) is 24.3 Å². The fourth-order valence-electron chi connectivity index (χ4n) is 3.44. The Morgan fingerprint density at radius 1 is 1.14 bits per heavy atom. The Morgan fingerprint density at radius 3 is 2.43 bits per heavy atom. The molecule has 0 saturated carbocycles. The first-order chi connectivity index (χ1) is 13.2. The second-order valence-corrected chi connectivity index (χ2v) is 8.04. The summed E-state index contributed by atoms with van der Waals surface area (Å²) in [7, 11) is 0. The van der Waals surface area contributed by atoms with Crippen LogP contribution in [-0.4, -0.2) is 28.2 Å². The molecule has 2 rings (SSSR count). The molecular formula is C23H32N2O3. The minimum Gasteiger partial charge on any atom is -0.508 e. The maximum Gasteiger partial charge on any atom is 0.224 e. The highest BCUT2D eigenvalue weighted by atomic mass is 16.3. The molecule has 0 radical (unpaired) electrons. The number of phenolic OH excluding ortho intramolecular Hbond substituents is 1. The van der Waals surface area contributed by atoms with Gasteiger partial charge < -0.3 is 21.3 Å². The third-order valence-electron chi connectivity index (χ3n) is 4.97. The molecule has 0 heterocycles. The van der Waals surface area contributed by atoms with Crippen LogP contribution in [0.25, 0.3) is 0 Å². The minimum atomic E-state index is -0.657. The summed E-state index contributed by atoms with van der Waals surface area (Å²) in [5, 5.41) is 23.2. The molecule has 5 nitrogen and oxygen atoms in total. The third kappa shape index (κ3) is 6.36. The van der Waals surface area contributed by atoms with Gasteiger partial charge in [-0.15, -0.1) is 0 Å². The summed E-state index contributed by atoms with van der Waals surface area (Å²) in [5.41, 5.74) is 8.18. The normalized spacial score (nSPS) is 13.9. The fourth-order valence-corrected chi connectivity index (χ4v) is 3.44. The smallest absolute Gasteiger partial charge is 0.224 e. The molecule has 0 spiro atoms. The SMILES string of the molecule is CCCC(C(N)=O)c1cccc(CC(C)(C)NCC(O)c2ccc(O)cc2)c1. The van der Waals surface area contributed by atoms with Crippen molar-refractivity contribution in [2.75, 3.05) is 6.54 Å². The summed E-state index contributed by atoms with van der Waals surface area (Å²) in [6.45, 7) is 6.62. The second-order valence-electron chi connectivity index (χ2n) is 8.04. The first-order valence-electron chi connectivity index (χ1n) is 9.82. The molecule has 28 heavy (non-hydrogen) atoms. The summed E-state index contributed by atoms with van der Waals surface area (Å²) in [6, 6.07) is 14.6. The number of hydrogen-bond donors (Lipinski definition) is 4. The van der Waals surface area contributed by atoms with E-state index in [1.807, 2.05) is 25.1 Å². The number of phenols is 1. The summed E-state index contributed by atoms with van der Waals surface area (Å²) >= 11 is 0. The molecule has 152 valence electrons. The van der Waals surface area contributed by atoms with Crippen molar-refractivity contribution < 1.29 is 15.0 Å². The zero-order valence-electron chi connectivity index (χ0n) is 17.0. The predicted octanol–water partition coefficient (Wildman–Crippen LogP) is 3.41. The van der Waals surface area contributed by atoms with Crippen LogP contribution in [0.15, 0.2) is 48.5 Å². The average Bonchev–Trinajstić information content (AvgIpc) is 2.64. The van der Waals surface area contributed by atoms with Gasteiger partial charge in [-0.3, -0.25) is 4.79 Å². The van der Waals surface area contributed by atoms with Gasteiger partial charge in [0.05, 0.1) is 12.0 Å². The van der Waals surface area contributed by atoms with Gasteiger partial charge in [0.1, 0.15) is 5.75 Å². The van der Waals surface area contributed by atoms with Crippen LogP contribution in [0.2, 0.25) is 0 Å². The topological polar surface area (TPSA) is 95.6 Å². The Labute approximate surface area is 167 Å². The number of aromatic hydroxyl groups is 1. The summed E-state index contributed by atoms with van der Waals surface area (Å²) in [6.07, 6.45) is 1.75. The van der Waals surface area contributed by atoms with Gasteiger partial charge in [0.15, 0.2) is 0 Å². The van der Waals surface area contributed by atoms with Crippen LogP contribution >= 0.6 is 0 Å². The quantitative estimate of drug-likeness (QED) is 0.505. The van der Waals surface area contributed by atoms with Crippen molar-refractivity contribution in [3.8, 4) is 5.75 Å². The number of hydrogen-bond acceptors (Lipinski definition) is 4. The zero-order chi connectivity index (χ0) is 20.7. The van der Waals surface area contributed by atoms with E-state index in [4.69, 9.17) is 5.73 Å². The molecular weight excluding hydrogens is 352 g/mol. The lowest BCUT2D eigenvalue weighted by Gasteiger charge is -2.28. The van der Waals surface area contributed by atoms with Gasteiger partial charge in [-0.1, -0.05) is 49.7 Å². The number of aliphatic hydroxyl groups excluding tert-OH is 1. The number of rotatable bonds is 10. The number of nitrogens with two attached hydrogens (primary N) is 1. The van der Waals surface area contributed by atoms with Crippen LogP contribution in [0.3, 0.4) is 0 Å². The molecule has 5 heteroatoms. The lowest BCUT2D eigenvalue weighted by Crippen LogP contribution is -2.43. The van der Waals surface area contributed by atoms with E-state index in [9.17, 15) is 15.0 Å².